The van der Waals surface area contributed by atoms with Crippen molar-refractivity contribution in [1.29, 1.82) is 0 Å². The van der Waals surface area contributed by atoms with Gasteiger partial charge in [-0.05, 0) is 55.7 Å². The molecule has 0 aliphatic heterocycles. The molecule has 0 saturated carbocycles. The lowest BCUT2D eigenvalue weighted by molar-refractivity contribution is 0.0940. The molecular weight excluding hydrogens is 305 g/mol. The average molecular weight is 322 g/mol. The van der Waals surface area contributed by atoms with Crippen LogP contribution in [0.1, 0.15) is 40.0 Å². The fourth-order valence-electron chi connectivity index (χ4n) is 2.07. The Labute approximate surface area is 135 Å². The largest absolute Gasteiger partial charge is 0.345 e. The zero-order valence-corrected chi connectivity index (χ0v) is 13.7. The van der Waals surface area contributed by atoms with Crippen LogP contribution in [-0.2, 0) is 0 Å². The van der Waals surface area contributed by atoms with Crippen LogP contribution in [0.3, 0.4) is 0 Å². The third-order valence-electron chi connectivity index (χ3n) is 3.55. The number of rotatable bonds is 3. The van der Waals surface area contributed by atoms with Gasteiger partial charge in [0.05, 0.1) is 16.6 Å². The minimum absolute atomic E-state index is 0.0939. The summed E-state index contributed by atoms with van der Waals surface area (Å²) in [5.74, 6) is -0.206. The Hall–Kier alpha value is -1.51. The summed E-state index contributed by atoms with van der Waals surface area (Å²) in [5.41, 5.74) is 3.93. The van der Waals surface area contributed by atoms with E-state index in [1.165, 1.54) is 11.1 Å². The van der Waals surface area contributed by atoms with Crippen LogP contribution >= 0.6 is 23.2 Å². The van der Waals surface area contributed by atoms with Gasteiger partial charge in [-0.3, -0.25) is 4.79 Å². The first-order valence-corrected chi connectivity index (χ1v) is 7.47. The second-order valence-corrected chi connectivity index (χ2v) is 6.01. The summed E-state index contributed by atoms with van der Waals surface area (Å²) < 4.78 is 0. The Kier molecular flexibility index (Phi) is 4.92. The molecule has 0 aliphatic carbocycles. The third kappa shape index (κ3) is 3.78. The molecule has 1 N–H and O–H groups in total. The van der Waals surface area contributed by atoms with Crippen molar-refractivity contribution in [2.45, 2.75) is 26.8 Å². The zero-order chi connectivity index (χ0) is 15.6. The molecule has 2 nitrogen and oxygen atoms in total. The van der Waals surface area contributed by atoms with Crippen LogP contribution in [0.5, 0.6) is 0 Å². The van der Waals surface area contributed by atoms with E-state index in [0.29, 0.717) is 15.6 Å². The van der Waals surface area contributed by atoms with Gasteiger partial charge in [0, 0.05) is 5.02 Å². The summed E-state index contributed by atoms with van der Waals surface area (Å²) >= 11 is 11.9. The molecule has 110 valence electrons. The van der Waals surface area contributed by atoms with Crippen LogP contribution in [-0.4, -0.2) is 5.91 Å². The Balaban J connectivity index is 2.16. The number of nitrogens with one attached hydrogen (secondary N) is 1. The fraction of sp³-hybridized carbons (Fsp3) is 0.235. The molecule has 2 rings (SSSR count). The molecule has 1 amide bonds. The van der Waals surface area contributed by atoms with Gasteiger partial charge in [-0.15, -0.1) is 0 Å². The van der Waals surface area contributed by atoms with Gasteiger partial charge in [0.25, 0.3) is 5.91 Å². The Bertz CT molecular complexity index is 682. The average Bonchev–Trinajstić information content (AvgIpc) is 2.41. The highest BCUT2D eigenvalue weighted by Crippen LogP contribution is 2.22. The van der Waals surface area contributed by atoms with Gasteiger partial charge in [0.1, 0.15) is 0 Å². The maximum atomic E-state index is 12.3. The monoisotopic (exact) mass is 321 g/mol. The molecule has 0 unspecified atom stereocenters. The van der Waals surface area contributed by atoms with Gasteiger partial charge >= 0.3 is 0 Å². The first-order valence-electron chi connectivity index (χ1n) is 6.71. The van der Waals surface area contributed by atoms with E-state index in [1.807, 2.05) is 13.0 Å². The topological polar surface area (TPSA) is 29.1 Å². The number of carbonyl (C=O) groups is 1. The van der Waals surface area contributed by atoms with E-state index in [4.69, 9.17) is 23.2 Å². The third-order valence-corrected chi connectivity index (χ3v) is 4.10. The molecule has 0 heterocycles. The Morgan fingerprint density at radius 2 is 1.76 bits per heavy atom. The lowest BCUT2D eigenvalue weighted by Crippen LogP contribution is -2.27. The van der Waals surface area contributed by atoms with Gasteiger partial charge in [0.15, 0.2) is 0 Å². The van der Waals surface area contributed by atoms with Crippen LogP contribution in [0.15, 0.2) is 36.4 Å². The van der Waals surface area contributed by atoms with Crippen LogP contribution in [0.4, 0.5) is 0 Å². The van der Waals surface area contributed by atoms with E-state index in [-0.39, 0.29) is 11.9 Å². The van der Waals surface area contributed by atoms with Crippen LogP contribution in [0.2, 0.25) is 10.0 Å². The maximum Gasteiger partial charge on any atom is 0.253 e. The highest BCUT2D eigenvalue weighted by atomic mass is 35.5. The summed E-state index contributed by atoms with van der Waals surface area (Å²) in [7, 11) is 0. The Morgan fingerprint density at radius 1 is 1.05 bits per heavy atom. The number of hydrogen-bond acceptors (Lipinski definition) is 1. The molecular formula is C17H17Cl2NO. The van der Waals surface area contributed by atoms with E-state index in [2.05, 4.69) is 31.3 Å². The molecule has 0 radical (unpaired) electrons. The molecule has 0 aliphatic rings. The van der Waals surface area contributed by atoms with E-state index >= 15 is 0 Å². The van der Waals surface area contributed by atoms with Crippen LogP contribution in [0.25, 0.3) is 0 Å². The molecule has 2 aromatic carbocycles. The van der Waals surface area contributed by atoms with E-state index in [1.54, 1.807) is 18.2 Å². The van der Waals surface area contributed by atoms with Gasteiger partial charge < -0.3 is 5.32 Å². The Morgan fingerprint density at radius 3 is 2.38 bits per heavy atom. The number of carbonyl (C=O) groups excluding carboxylic acids is 1. The molecule has 4 heteroatoms. The standard InChI is InChI=1S/C17H17Cl2NO/c1-10-4-5-13(8-11(10)2)12(3)20-17(21)15-7-6-14(18)9-16(15)19/h4-9,12H,1-3H3,(H,20,21)/t12-/m0/s1. The van der Waals surface area contributed by atoms with Crippen LogP contribution < -0.4 is 5.32 Å². The smallest absolute Gasteiger partial charge is 0.253 e. The minimum Gasteiger partial charge on any atom is -0.345 e. The van der Waals surface area contributed by atoms with Crippen molar-refractivity contribution in [2.75, 3.05) is 0 Å². The number of hydrogen-bond donors (Lipinski definition) is 1. The first kappa shape index (κ1) is 15.9. The molecule has 0 fully saturated rings. The van der Waals surface area contributed by atoms with E-state index < -0.39 is 0 Å². The molecule has 0 spiro atoms. The highest BCUT2D eigenvalue weighted by Gasteiger charge is 2.14. The molecule has 0 saturated heterocycles. The van der Waals surface area contributed by atoms with Crippen molar-refractivity contribution in [1.82, 2.24) is 5.32 Å². The summed E-state index contributed by atoms with van der Waals surface area (Å²) in [5, 5.41) is 3.82. The predicted octanol–water partition coefficient (Wildman–Crippen LogP) is 5.10. The lowest BCUT2D eigenvalue weighted by Gasteiger charge is -2.16. The molecule has 0 bridgehead atoms. The highest BCUT2D eigenvalue weighted by molar-refractivity contribution is 6.36. The van der Waals surface area contributed by atoms with Crippen molar-refractivity contribution in [2.24, 2.45) is 0 Å². The number of benzene rings is 2. The number of halogens is 2. The summed E-state index contributed by atoms with van der Waals surface area (Å²) in [6, 6.07) is 10.9. The molecule has 0 aromatic heterocycles. The number of amides is 1. The lowest BCUT2D eigenvalue weighted by atomic mass is 10.0. The summed E-state index contributed by atoms with van der Waals surface area (Å²) in [6.07, 6.45) is 0. The fourth-order valence-corrected chi connectivity index (χ4v) is 2.56. The number of aryl methyl sites for hydroxylation is 2. The van der Waals surface area contributed by atoms with Crippen molar-refractivity contribution in [3.8, 4) is 0 Å². The molecule has 1 atom stereocenters. The minimum atomic E-state index is -0.206. The SMILES string of the molecule is Cc1ccc([C@H](C)NC(=O)c2ccc(Cl)cc2Cl)cc1C. The van der Waals surface area contributed by atoms with Gasteiger partial charge in [-0.2, -0.15) is 0 Å². The first-order chi connectivity index (χ1) is 9.88. The van der Waals surface area contributed by atoms with Crippen molar-refractivity contribution < 1.29 is 4.79 Å². The molecule has 21 heavy (non-hydrogen) atoms. The van der Waals surface area contributed by atoms with Crippen molar-refractivity contribution in [3.05, 3.63) is 68.7 Å². The second-order valence-electron chi connectivity index (χ2n) is 5.16. The molecule has 2 aromatic rings. The van der Waals surface area contributed by atoms with Crippen molar-refractivity contribution >= 4 is 29.1 Å². The van der Waals surface area contributed by atoms with Gasteiger partial charge in [-0.1, -0.05) is 41.4 Å². The normalized spacial score (nSPS) is 12.0. The van der Waals surface area contributed by atoms with E-state index in [0.717, 1.165) is 5.56 Å². The van der Waals surface area contributed by atoms with Crippen molar-refractivity contribution in [3.63, 3.8) is 0 Å². The predicted molar refractivity (Wildman–Crippen MR) is 88.3 cm³/mol. The zero-order valence-electron chi connectivity index (χ0n) is 12.2. The maximum absolute atomic E-state index is 12.3. The second kappa shape index (κ2) is 6.50. The van der Waals surface area contributed by atoms with Gasteiger partial charge in [0.2, 0.25) is 0 Å². The van der Waals surface area contributed by atoms with Crippen LogP contribution in [0, 0.1) is 13.8 Å². The van der Waals surface area contributed by atoms with Gasteiger partial charge in [-0.25, -0.2) is 0 Å². The summed E-state index contributed by atoms with van der Waals surface area (Å²) in [4.78, 5) is 12.3. The van der Waals surface area contributed by atoms with E-state index in [9.17, 15) is 4.79 Å². The summed E-state index contributed by atoms with van der Waals surface area (Å²) in [6.45, 7) is 6.07. The quantitative estimate of drug-likeness (QED) is 0.837.